The van der Waals surface area contributed by atoms with Gasteiger partial charge in [-0.25, -0.2) is 12.7 Å². The van der Waals surface area contributed by atoms with Crippen molar-refractivity contribution in [1.82, 2.24) is 14.9 Å². The SMILES string of the molecule is CN=C(NCCCOCC1CCCO1)NCc1ccc(S(=O)(=O)N(C)C)cc1.I. The van der Waals surface area contributed by atoms with Crippen LogP contribution in [-0.4, -0.2) is 72.3 Å². The van der Waals surface area contributed by atoms with E-state index in [9.17, 15) is 8.42 Å². The molecule has 1 aromatic carbocycles. The molecule has 0 aliphatic carbocycles. The van der Waals surface area contributed by atoms with Gasteiger partial charge in [0.1, 0.15) is 0 Å². The van der Waals surface area contributed by atoms with E-state index >= 15 is 0 Å². The van der Waals surface area contributed by atoms with E-state index in [1.54, 1.807) is 31.3 Å². The second-order valence-electron chi connectivity index (χ2n) is 6.85. The molecule has 8 nitrogen and oxygen atoms in total. The molecule has 1 aliphatic rings. The zero-order valence-corrected chi connectivity index (χ0v) is 20.5. The lowest BCUT2D eigenvalue weighted by Gasteiger charge is -2.14. The Balaban J connectivity index is 0.00000420. The Bertz CT molecular complexity index is 720. The Morgan fingerprint density at radius 1 is 1.28 bits per heavy atom. The molecular weight excluding hydrogens is 507 g/mol. The van der Waals surface area contributed by atoms with Crippen molar-refractivity contribution in [3.8, 4) is 0 Å². The predicted octanol–water partition coefficient (Wildman–Crippen LogP) is 1.81. The van der Waals surface area contributed by atoms with Crippen LogP contribution in [0.3, 0.4) is 0 Å². The quantitative estimate of drug-likeness (QED) is 0.204. The van der Waals surface area contributed by atoms with Crippen molar-refractivity contribution in [2.45, 2.75) is 36.8 Å². The van der Waals surface area contributed by atoms with Gasteiger partial charge in [0.25, 0.3) is 0 Å². The van der Waals surface area contributed by atoms with Gasteiger partial charge >= 0.3 is 0 Å². The highest BCUT2D eigenvalue weighted by molar-refractivity contribution is 14.0. The van der Waals surface area contributed by atoms with Gasteiger partial charge in [0.2, 0.25) is 10.0 Å². The van der Waals surface area contributed by atoms with Crippen molar-refractivity contribution >= 4 is 40.0 Å². The van der Waals surface area contributed by atoms with Crippen molar-refractivity contribution in [3.63, 3.8) is 0 Å². The average Bonchev–Trinajstić information content (AvgIpc) is 3.20. The smallest absolute Gasteiger partial charge is 0.242 e. The van der Waals surface area contributed by atoms with Crippen LogP contribution in [0.5, 0.6) is 0 Å². The van der Waals surface area contributed by atoms with Crippen LogP contribution < -0.4 is 10.6 Å². The van der Waals surface area contributed by atoms with Crippen LogP contribution >= 0.6 is 24.0 Å². The van der Waals surface area contributed by atoms with Crippen LogP contribution in [0, 0.1) is 0 Å². The molecule has 0 radical (unpaired) electrons. The molecule has 10 heteroatoms. The maximum atomic E-state index is 12.1. The van der Waals surface area contributed by atoms with Gasteiger partial charge in [0.05, 0.1) is 17.6 Å². The fraction of sp³-hybridized carbons (Fsp3) is 0.632. The van der Waals surface area contributed by atoms with Gasteiger partial charge in [-0.2, -0.15) is 0 Å². The minimum Gasteiger partial charge on any atom is -0.379 e. The number of rotatable bonds is 10. The van der Waals surface area contributed by atoms with Gasteiger partial charge < -0.3 is 20.1 Å². The molecule has 0 bridgehead atoms. The topological polar surface area (TPSA) is 92.3 Å². The number of aliphatic imine (C=N–C) groups is 1. The molecule has 1 fully saturated rings. The first kappa shape index (κ1) is 26.1. The predicted molar refractivity (Wildman–Crippen MR) is 125 cm³/mol. The summed E-state index contributed by atoms with van der Waals surface area (Å²) in [6.45, 7) is 3.52. The Kier molecular flexibility index (Phi) is 12.0. The summed E-state index contributed by atoms with van der Waals surface area (Å²) in [7, 11) is 1.36. The largest absolute Gasteiger partial charge is 0.379 e. The van der Waals surface area contributed by atoms with E-state index in [0.717, 1.165) is 38.0 Å². The van der Waals surface area contributed by atoms with E-state index in [1.807, 2.05) is 0 Å². The summed E-state index contributed by atoms with van der Waals surface area (Å²) in [4.78, 5) is 4.48. The molecule has 1 saturated heterocycles. The Labute approximate surface area is 191 Å². The van der Waals surface area contributed by atoms with Crippen LogP contribution in [-0.2, 0) is 26.0 Å². The number of halogens is 1. The zero-order chi connectivity index (χ0) is 20.4. The molecule has 0 spiro atoms. The van der Waals surface area contributed by atoms with Crippen LogP contribution in [0.25, 0.3) is 0 Å². The Morgan fingerprint density at radius 3 is 2.59 bits per heavy atom. The third-order valence-corrected chi connectivity index (χ3v) is 6.30. The minimum atomic E-state index is -3.40. The highest BCUT2D eigenvalue weighted by atomic mass is 127. The average molecular weight is 540 g/mol. The van der Waals surface area contributed by atoms with E-state index in [2.05, 4.69) is 15.6 Å². The summed E-state index contributed by atoms with van der Waals surface area (Å²) >= 11 is 0. The first-order valence-electron chi connectivity index (χ1n) is 9.59. The number of nitrogens with one attached hydrogen (secondary N) is 2. The fourth-order valence-electron chi connectivity index (χ4n) is 2.77. The lowest BCUT2D eigenvalue weighted by atomic mass is 10.2. The van der Waals surface area contributed by atoms with Gasteiger partial charge in [0.15, 0.2) is 5.96 Å². The van der Waals surface area contributed by atoms with E-state index in [0.29, 0.717) is 25.7 Å². The highest BCUT2D eigenvalue weighted by Gasteiger charge is 2.16. The van der Waals surface area contributed by atoms with Crippen molar-refractivity contribution in [1.29, 1.82) is 0 Å². The van der Waals surface area contributed by atoms with Gasteiger partial charge in [-0.3, -0.25) is 4.99 Å². The van der Waals surface area contributed by atoms with Crippen molar-refractivity contribution in [2.24, 2.45) is 4.99 Å². The number of nitrogens with zero attached hydrogens (tertiary/aromatic N) is 2. The molecule has 1 heterocycles. The molecule has 2 rings (SSSR count). The third-order valence-electron chi connectivity index (χ3n) is 4.47. The van der Waals surface area contributed by atoms with E-state index in [4.69, 9.17) is 9.47 Å². The third kappa shape index (κ3) is 8.75. The summed E-state index contributed by atoms with van der Waals surface area (Å²) in [6.07, 6.45) is 3.37. The molecule has 1 aromatic rings. The Hall–Kier alpha value is -0.950. The minimum absolute atomic E-state index is 0. The van der Waals surface area contributed by atoms with E-state index in [-0.39, 0.29) is 35.0 Å². The first-order chi connectivity index (χ1) is 13.4. The van der Waals surface area contributed by atoms with Crippen LogP contribution in [0.15, 0.2) is 34.2 Å². The van der Waals surface area contributed by atoms with Gasteiger partial charge in [0, 0.05) is 47.4 Å². The Morgan fingerprint density at radius 2 is 2.00 bits per heavy atom. The number of hydrogen-bond acceptors (Lipinski definition) is 5. The second-order valence-corrected chi connectivity index (χ2v) is 9.00. The molecule has 29 heavy (non-hydrogen) atoms. The number of ether oxygens (including phenoxy) is 2. The first-order valence-corrected chi connectivity index (χ1v) is 11.0. The van der Waals surface area contributed by atoms with Gasteiger partial charge in [-0.15, -0.1) is 24.0 Å². The van der Waals surface area contributed by atoms with Crippen LogP contribution in [0.2, 0.25) is 0 Å². The van der Waals surface area contributed by atoms with Gasteiger partial charge in [-0.1, -0.05) is 12.1 Å². The molecule has 0 saturated carbocycles. The normalized spacial score (nSPS) is 17.2. The second kappa shape index (κ2) is 13.4. The maximum absolute atomic E-state index is 12.1. The molecule has 1 unspecified atom stereocenters. The molecular formula is C19H33IN4O4S. The van der Waals surface area contributed by atoms with Crippen molar-refractivity contribution in [2.75, 3.05) is 47.5 Å². The molecule has 1 atom stereocenters. The molecule has 0 aromatic heterocycles. The lowest BCUT2D eigenvalue weighted by Crippen LogP contribution is -2.37. The molecule has 1 aliphatic heterocycles. The summed E-state index contributed by atoms with van der Waals surface area (Å²) in [5.74, 6) is 0.698. The van der Waals surface area contributed by atoms with Crippen LogP contribution in [0.4, 0.5) is 0 Å². The fourth-order valence-corrected chi connectivity index (χ4v) is 3.67. The maximum Gasteiger partial charge on any atom is 0.242 e. The van der Waals surface area contributed by atoms with Crippen LogP contribution in [0.1, 0.15) is 24.8 Å². The van der Waals surface area contributed by atoms with Crippen molar-refractivity contribution in [3.05, 3.63) is 29.8 Å². The number of benzene rings is 1. The summed E-state index contributed by atoms with van der Waals surface area (Å²) in [5.41, 5.74) is 0.973. The summed E-state index contributed by atoms with van der Waals surface area (Å²) in [6, 6.07) is 6.84. The standard InChI is InChI=1S/C19H32N4O4S.HI/c1-20-19(21-11-5-12-26-15-17-6-4-13-27-17)22-14-16-7-9-18(10-8-16)28(24,25)23(2)3;/h7-10,17H,4-6,11-15H2,1-3H3,(H2,20,21,22);1H. The van der Waals surface area contributed by atoms with E-state index in [1.165, 1.54) is 18.4 Å². The zero-order valence-electron chi connectivity index (χ0n) is 17.4. The number of sulfonamides is 1. The van der Waals surface area contributed by atoms with E-state index < -0.39 is 10.0 Å². The molecule has 2 N–H and O–H groups in total. The monoisotopic (exact) mass is 540 g/mol. The number of guanidine groups is 1. The van der Waals surface area contributed by atoms with Crippen molar-refractivity contribution < 1.29 is 17.9 Å². The molecule has 166 valence electrons. The summed E-state index contributed by atoms with van der Waals surface area (Å²) < 4.78 is 36.5. The lowest BCUT2D eigenvalue weighted by molar-refractivity contribution is 0.0168. The summed E-state index contributed by atoms with van der Waals surface area (Å²) in [5, 5.41) is 6.46. The number of hydrogen-bond donors (Lipinski definition) is 2. The van der Waals surface area contributed by atoms with Gasteiger partial charge in [-0.05, 0) is 37.0 Å². The molecule has 0 amide bonds. The highest BCUT2D eigenvalue weighted by Crippen LogP contribution is 2.14.